The Hall–Kier alpha value is -1.36. The van der Waals surface area contributed by atoms with Crippen LogP contribution in [0.1, 0.15) is 13.8 Å². The number of anilines is 2. The Morgan fingerprint density at radius 1 is 1.44 bits per heavy atom. The van der Waals surface area contributed by atoms with Crippen molar-refractivity contribution in [3.8, 4) is 0 Å². The first-order chi connectivity index (χ1) is 7.50. The molecule has 0 aromatic carbocycles. The van der Waals surface area contributed by atoms with Crippen LogP contribution in [0, 0.1) is 5.92 Å². The Morgan fingerprint density at radius 2 is 2.12 bits per heavy atom. The van der Waals surface area contributed by atoms with Gasteiger partial charge in [-0.3, -0.25) is 0 Å². The van der Waals surface area contributed by atoms with Crippen molar-refractivity contribution in [3.05, 3.63) is 12.5 Å². The first kappa shape index (κ1) is 12.7. The number of hydrogen-bond donors (Lipinski definition) is 2. The quantitative estimate of drug-likeness (QED) is 0.781. The highest BCUT2D eigenvalue weighted by Crippen LogP contribution is 2.16. The third-order valence-corrected chi connectivity index (χ3v) is 2.43. The lowest BCUT2D eigenvalue weighted by atomic mass is 10.0. The number of likely N-dealkylation sites (N-methyl/N-ethyl adjacent to an activating group) is 1. The van der Waals surface area contributed by atoms with Crippen molar-refractivity contribution >= 4 is 11.5 Å². The van der Waals surface area contributed by atoms with Crippen LogP contribution in [-0.4, -0.2) is 41.5 Å². The highest BCUT2D eigenvalue weighted by Gasteiger charge is 2.15. The van der Waals surface area contributed by atoms with Gasteiger partial charge >= 0.3 is 0 Å². The lowest BCUT2D eigenvalue weighted by Gasteiger charge is -2.26. The average Bonchev–Trinajstić information content (AvgIpc) is 2.19. The van der Waals surface area contributed by atoms with Gasteiger partial charge in [0.15, 0.2) is 5.82 Å². The highest BCUT2D eigenvalue weighted by atomic mass is 15.1. The summed E-state index contributed by atoms with van der Waals surface area (Å²) in [6, 6.07) is 0.326. The molecule has 1 atom stereocenters. The maximum absolute atomic E-state index is 5.80. The second-order valence-electron chi connectivity index (χ2n) is 4.58. The van der Waals surface area contributed by atoms with Crippen LogP contribution in [0.3, 0.4) is 0 Å². The van der Waals surface area contributed by atoms with Gasteiger partial charge in [0, 0.05) is 12.6 Å². The zero-order valence-corrected chi connectivity index (χ0v) is 10.4. The molecule has 0 aliphatic carbocycles. The molecule has 0 saturated heterocycles. The van der Waals surface area contributed by atoms with Gasteiger partial charge < -0.3 is 16.0 Å². The monoisotopic (exact) mass is 223 g/mol. The van der Waals surface area contributed by atoms with Crippen molar-refractivity contribution in [2.24, 2.45) is 5.92 Å². The number of nitrogens with zero attached hydrogens (tertiary/aromatic N) is 3. The van der Waals surface area contributed by atoms with Crippen LogP contribution in [-0.2, 0) is 0 Å². The van der Waals surface area contributed by atoms with Crippen molar-refractivity contribution in [3.63, 3.8) is 0 Å². The minimum Gasteiger partial charge on any atom is -0.394 e. The van der Waals surface area contributed by atoms with E-state index in [0.717, 1.165) is 12.4 Å². The van der Waals surface area contributed by atoms with E-state index < -0.39 is 0 Å². The van der Waals surface area contributed by atoms with Gasteiger partial charge in [-0.2, -0.15) is 0 Å². The SMILES string of the molecule is CC(C)C(CN(C)C)Nc1ncncc1N. The average molecular weight is 223 g/mol. The van der Waals surface area contributed by atoms with Gasteiger partial charge in [-0.25, -0.2) is 9.97 Å². The zero-order chi connectivity index (χ0) is 12.1. The molecule has 5 nitrogen and oxygen atoms in total. The Labute approximate surface area is 97.1 Å². The van der Waals surface area contributed by atoms with Gasteiger partial charge in [-0.15, -0.1) is 0 Å². The van der Waals surface area contributed by atoms with E-state index in [4.69, 9.17) is 5.73 Å². The van der Waals surface area contributed by atoms with Gasteiger partial charge in [0.25, 0.3) is 0 Å². The fourth-order valence-corrected chi connectivity index (χ4v) is 1.45. The minimum atomic E-state index is 0.326. The van der Waals surface area contributed by atoms with E-state index in [1.54, 1.807) is 6.20 Å². The molecule has 0 radical (unpaired) electrons. The molecule has 0 aliphatic heterocycles. The predicted octanol–water partition coefficient (Wildman–Crippen LogP) is 1.06. The Kier molecular flexibility index (Phi) is 4.49. The summed E-state index contributed by atoms with van der Waals surface area (Å²) >= 11 is 0. The molecule has 0 saturated carbocycles. The fraction of sp³-hybridized carbons (Fsp3) is 0.636. The van der Waals surface area contributed by atoms with Gasteiger partial charge in [0.05, 0.1) is 11.9 Å². The standard InChI is InChI=1S/C11H21N5/c1-8(2)10(6-16(3)4)15-11-9(12)5-13-7-14-11/h5,7-8,10H,6,12H2,1-4H3,(H,13,14,15). The molecule has 0 aliphatic rings. The van der Waals surface area contributed by atoms with Gasteiger partial charge in [-0.1, -0.05) is 13.8 Å². The number of nitrogens with two attached hydrogens (primary N) is 1. The third kappa shape index (κ3) is 3.66. The summed E-state index contributed by atoms with van der Waals surface area (Å²) in [6.07, 6.45) is 3.12. The topological polar surface area (TPSA) is 67.1 Å². The largest absolute Gasteiger partial charge is 0.394 e. The summed E-state index contributed by atoms with van der Waals surface area (Å²) in [7, 11) is 4.11. The maximum atomic E-state index is 5.80. The maximum Gasteiger partial charge on any atom is 0.152 e. The Balaban J connectivity index is 2.72. The first-order valence-electron chi connectivity index (χ1n) is 5.47. The Morgan fingerprint density at radius 3 is 2.62 bits per heavy atom. The van der Waals surface area contributed by atoms with E-state index in [2.05, 4.69) is 48.1 Å². The summed E-state index contributed by atoms with van der Waals surface area (Å²) in [5.41, 5.74) is 6.39. The molecule has 0 spiro atoms. The number of nitrogen functional groups attached to an aromatic ring is 1. The van der Waals surface area contributed by atoms with Crippen LogP contribution in [0.25, 0.3) is 0 Å². The van der Waals surface area contributed by atoms with Crippen LogP contribution in [0.15, 0.2) is 12.5 Å². The lowest BCUT2D eigenvalue weighted by molar-refractivity contribution is 0.344. The van der Waals surface area contributed by atoms with E-state index in [0.29, 0.717) is 17.6 Å². The van der Waals surface area contributed by atoms with Gasteiger partial charge in [-0.05, 0) is 20.0 Å². The third-order valence-electron chi connectivity index (χ3n) is 2.43. The summed E-state index contributed by atoms with van der Waals surface area (Å²) in [4.78, 5) is 10.2. The molecule has 0 bridgehead atoms. The zero-order valence-electron chi connectivity index (χ0n) is 10.4. The van der Waals surface area contributed by atoms with Crippen LogP contribution < -0.4 is 11.1 Å². The smallest absolute Gasteiger partial charge is 0.152 e. The Bertz CT molecular complexity index is 324. The van der Waals surface area contributed by atoms with Crippen molar-refractivity contribution in [2.45, 2.75) is 19.9 Å². The molecule has 0 amide bonds. The minimum absolute atomic E-state index is 0.326. The number of rotatable bonds is 5. The van der Waals surface area contributed by atoms with Crippen molar-refractivity contribution < 1.29 is 0 Å². The predicted molar refractivity (Wildman–Crippen MR) is 67.2 cm³/mol. The molecule has 3 N–H and O–H groups in total. The molecule has 1 rings (SSSR count). The summed E-state index contributed by atoms with van der Waals surface area (Å²) < 4.78 is 0. The first-order valence-corrected chi connectivity index (χ1v) is 5.47. The normalized spacial score (nSPS) is 13.1. The lowest BCUT2D eigenvalue weighted by Crippen LogP contribution is -2.36. The summed E-state index contributed by atoms with van der Waals surface area (Å²) in [6.45, 7) is 5.30. The van der Waals surface area contributed by atoms with Gasteiger partial charge in [0.2, 0.25) is 0 Å². The van der Waals surface area contributed by atoms with Crippen molar-refractivity contribution in [2.75, 3.05) is 31.7 Å². The molecule has 1 heterocycles. The second kappa shape index (κ2) is 5.65. The highest BCUT2D eigenvalue weighted by molar-refractivity contribution is 5.59. The van der Waals surface area contributed by atoms with Crippen LogP contribution in [0.2, 0.25) is 0 Å². The van der Waals surface area contributed by atoms with E-state index in [9.17, 15) is 0 Å². The van der Waals surface area contributed by atoms with E-state index in [-0.39, 0.29) is 0 Å². The molecule has 0 fully saturated rings. The second-order valence-corrected chi connectivity index (χ2v) is 4.58. The van der Waals surface area contributed by atoms with Crippen molar-refractivity contribution in [1.82, 2.24) is 14.9 Å². The number of hydrogen-bond acceptors (Lipinski definition) is 5. The molecule has 16 heavy (non-hydrogen) atoms. The fourth-order valence-electron chi connectivity index (χ4n) is 1.45. The molecule has 5 heteroatoms. The molecular weight excluding hydrogens is 202 g/mol. The van der Waals surface area contributed by atoms with Crippen LogP contribution in [0.5, 0.6) is 0 Å². The van der Waals surface area contributed by atoms with E-state index in [1.807, 2.05) is 0 Å². The van der Waals surface area contributed by atoms with Crippen LogP contribution in [0.4, 0.5) is 11.5 Å². The van der Waals surface area contributed by atoms with Crippen LogP contribution >= 0.6 is 0 Å². The number of aromatic nitrogens is 2. The summed E-state index contributed by atoms with van der Waals surface area (Å²) in [5.74, 6) is 1.23. The molecule has 90 valence electrons. The molecule has 1 aromatic rings. The van der Waals surface area contributed by atoms with E-state index in [1.165, 1.54) is 6.33 Å². The molecular formula is C11H21N5. The molecule has 1 unspecified atom stereocenters. The molecule has 1 aromatic heterocycles. The van der Waals surface area contributed by atoms with E-state index >= 15 is 0 Å². The summed E-state index contributed by atoms with van der Waals surface area (Å²) in [5, 5.41) is 3.36. The van der Waals surface area contributed by atoms with Crippen molar-refractivity contribution in [1.29, 1.82) is 0 Å². The number of nitrogens with one attached hydrogen (secondary N) is 1. The van der Waals surface area contributed by atoms with Gasteiger partial charge in [0.1, 0.15) is 6.33 Å².